The fraction of sp³-hybridized carbons (Fsp3) is 0.0597. The number of nitrogens with zero attached hydrogens (tertiary/aromatic N) is 4. The Morgan fingerprint density at radius 2 is 0.690 bits per heavy atom. The van der Waals surface area contributed by atoms with Gasteiger partial charge in [0.25, 0.3) is 0 Å². The van der Waals surface area contributed by atoms with Gasteiger partial charge in [-0.25, -0.2) is 15.0 Å². The molecule has 0 spiro atoms. The average molecular weight is 909 g/mol. The van der Waals surface area contributed by atoms with E-state index in [9.17, 15) is 0 Å². The topological polar surface area (TPSA) is 43.6 Å². The van der Waals surface area contributed by atoms with Crippen molar-refractivity contribution in [3.05, 3.63) is 254 Å². The standard InChI is InChI=1S/C67H48N4/c1-43-68-65(48-27-17-8-18-28-48)70-66(69-43)50-30-32-63-60(41-50)67(2,3)61-42-57(56-37-53(46-23-13-6-14-24-46)34-54(38-56)47-25-15-7-16-26-47)40-59-58-39-49(29-31-62(58)71(63)64(59)61)55-35-51(44-19-9-4-10-20-44)33-52(36-55)45-21-11-5-12-22-45/h4-42H,1-3H3. The molecule has 0 aliphatic carbocycles. The summed E-state index contributed by atoms with van der Waals surface area (Å²) in [4.78, 5) is 14.8. The van der Waals surface area contributed by atoms with Gasteiger partial charge < -0.3 is 4.57 Å². The van der Waals surface area contributed by atoms with Crippen LogP contribution in [0.2, 0.25) is 0 Å². The number of aryl methyl sites for hydroxylation is 1. The summed E-state index contributed by atoms with van der Waals surface area (Å²) in [7, 11) is 0. The molecule has 0 saturated heterocycles. The van der Waals surface area contributed by atoms with E-state index in [4.69, 9.17) is 15.0 Å². The predicted molar refractivity (Wildman–Crippen MR) is 295 cm³/mol. The van der Waals surface area contributed by atoms with Crippen LogP contribution in [0.1, 0.15) is 30.8 Å². The molecule has 13 rings (SSSR count). The van der Waals surface area contributed by atoms with Gasteiger partial charge in [-0.2, -0.15) is 0 Å². The number of rotatable bonds is 8. The quantitative estimate of drug-likeness (QED) is 0.153. The molecule has 10 aromatic carbocycles. The Hall–Kier alpha value is -8.99. The Morgan fingerprint density at radius 3 is 1.18 bits per heavy atom. The second kappa shape index (κ2) is 16.9. The summed E-state index contributed by atoms with van der Waals surface area (Å²) in [5.41, 5.74) is 21.8. The van der Waals surface area contributed by atoms with E-state index in [1.807, 2.05) is 25.1 Å². The normalized spacial score (nSPS) is 12.5. The lowest BCUT2D eigenvalue weighted by atomic mass is 9.73. The highest BCUT2D eigenvalue weighted by molar-refractivity contribution is 6.14. The number of aromatic nitrogens is 4. The summed E-state index contributed by atoms with van der Waals surface area (Å²) in [6, 6.07) is 86.0. The van der Waals surface area contributed by atoms with Crippen molar-refractivity contribution in [1.29, 1.82) is 0 Å². The van der Waals surface area contributed by atoms with Crippen LogP contribution in [0.25, 0.3) is 117 Å². The van der Waals surface area contributed by atoms with Crippen molar-refractivity contribution in [2.45, 2.75) is 26.2 Å². The smallest absolute Gasteiger partial charge is 0.163 e. The fourth-order valence-corrected chi connectivity index (χ4v) is 10.8. The maximum absolute atomic E-state index is 5.07. The van der Waals surface area contributed by atoms with E-state index < -0.39 is 5.41 Å². The molecule has 0 saturated carbocycles. The lowest BCUT2D eigenvalue weighted by Crippen LogP contribution is -2.26. The van der Waals surface area contributed by atoms with Gasteiger partial charge in [-0.1, -0.05) is 172 Å². The van der Waals surface area contributed by atoms with Crippen molar-refractivity contribution in [3.8, 4) is 95.2 Å². The maximum Gasteiger partial charge on any atom is 0.163 e. The zero-order valence-corrected chi connectivity index (χ0v) is 39.8. The van der Waals surface area contributed by atoms with Crippen molar-refractivity contribution in [3.63, 3.8) is 0 Å². The molecular formula is C67H48N4. The SMILES string of the molecule is Cc1nc(-c2ccccc2)nc(-c2ccc3c(c2)C(C)(C)c2cc(-c4cc(-c5ccccc5)cc(-c5ccccc5)c4)cc4c5cc(-c6cc(-c7ccccc7)cc(-c7ccccc7)c6)ccc5n-3c24)n1. The van der Waals surface area contributed by atoms with Crippen LogP contribution < -0.4 is 0 Å². The number of hydrogen-bond acceptors (Lipinski definition) is 3. The highest BCUT2D eigenvalue weighted by Crippen LogP contribution is 2.51. The van der Waals surface area contributed by atoms with Gasteiger partial charge in [0, 0.05) is 27.3 Å². The lowest BCUT2D eigenvalue weighted by Gasteiger charge is -2.35. The Bertz CT molecular complexity index is 3870. The third-order valence-corrected chi connectivity index (χ3v) is 14.4. The third-order valence-electron chi connectivity index (χ3n) is 14.4. The van der Waals surface area contributed by atoms with Crippen molar-refractivity contribution >= 4 is 21.8 Å². The number of hydrogen-bond donors (Lipinski definition) is 0. The molecule has 336 valence electrons. The molecule has 0 N–H and O–H groups in total. The molecule has 4 heteroatoms. The van der Waals surface area contributed by atoms with E-state index in [0.717, 1.165) is 16.8 Å². The van der Waals surface area contributed by atoms with Crippen LogP contribution in [0.3, 0.4) is 0 Å². The van der Waals surface area contributed by atoms with E-state index in [1.54, 1.807) is 0 Å². The first-order chi connectivity index (χ1) is 34.8. The van der Waals surface area contributed by atoms with Gasteiger partial charge in [-0.3, -0.25) is 0 Å². The Kier molecular flexibility index (Phi) is 10.0. The number of fused-ring (bicyclic) bond motifs is 5. The van der Waals surface area contributed by atoms with E-state index in [-0.39, 0.29) is 0 Å². The van der Waals surface area contributed by atoms with Crippen LogP contribution in [0.4, 0.5) is 0 Å². The first-order valence-corrected chi connectivity index (χ1v) is 24.4. The molecule has 3 heterocycles. The summed E-state index contributed by atoms with van der Waals surface area (Å²) in [6.45, 7) is 6.71. The van der Waals surface area contributed by atoms with E-state index in [0.29, 0.717) is 17.5 Å². The second-order valence-corrected chi connectivity index (χ2v) is 19.3. The van der Waals surface area contributed by atoms with Crippen molar-refractivity contribution in [2.24, 2.45) is 0 Å². The van der Waals surface area contributed by atoms with Crippen LogP contribution in [-0.2, 0) is 5.41 Å². The van der Waals surface area contributed by atoms with Gasteiger partial charge >= 0.3 is 0 Å². The van der Waals surface area contributed by atoms with Crippen molar-refractivity contribution in [1.82, 2.24) is 19.5 Å². The molecule has 1 aliphatic rings. The molecule has 0 unspecified atom stereocenters. The first kappa shape index (κ1) is 42.1. The minimum Gasteiger partial charge on any atom is -0.309 e. The zero-order valence-electron chi connectivity index (χ0n) is 39.8. The first-order valence-electron chi connectivity index (χ1n) is 24.4. The van der Waals surface area contributed by atoms with E-state index >= 15 is 0 Å². The molecule has 0 atom stereocenters. The van der Waals surface area contributed by atoms with E-state index in [2.05, 4.69) is 237 Å². The minimum absolute atomic E-state index is 0.412. The van der Waals surface area contributed by atoms with Crippen LogP contribution in [0.15, 0.2) is 237 Å². The van der Waals surface area contributed by atoms with Crippen LogP contribution in [0.5, 0.6) is 0 Å². The molecule has 0 radical (unpaired) electrons. The van der Waals surface area contributed by atoms with Gasteiger partial charge in [-0.05, 0) is 164 Å². The second-order valence-electron chi connectivity index (χ2n) is 19.3. The summed E-state index contributed by atoms with van der Waals surface area (Å²) < 4.78 is 2.51. The van der Waals surface area contributed by atoms with Gasteiger partial charge in [-0.15, -0.1) is 0 Å². The molecule has 2 aromatic heterocycles. The van der Waals surface area contributed by atoms with Crippen LogP contribution in [-0.4, -0.2) is 19.5 Å². The Balaban J connectivity index is 1.06. The van der Waals surface area contributed by atoms with Gasteiger partial charge in [0.15, 0.2) is 11.6 Å². The molecular weight excluding hydrogens is 861 g/mol. The average Bonchev–Trinajstić information content (AvgIpc) is 3.76. The van der Waals surface area contributed by atoms with E-state index in [1.165, 1.54) is 99.7 Å². The largest absolute Gasteiger partial charge is 0.309 e. The van der Waals surface area contributed by atoms with Crippen LogP contribution >= 0.6 is 0 Å². The predicted octanol–water partition coefficient (Wildman–Crippen LogP) is 17.3. The summed E-state index contributed by atoms with van der Waals surface area (Å²) in [5, 5.41) is 2.44. The monoisotopic (exact) mass is 908 g/mol. The van der Waals surface area contributed by atoms with Gasteiger partial charge in [0.1, 0.15) is 5.82 Å². The maximum atomic E-state index is 5.07. The zero-order chi connectivity index (χ0) is 47.6. The Labute approximate surface area is 414 Å². The third kappa shape index (κ3) is 7.44. The lowest BCUT2D eigenvalue weighted by molar-refractivity contribution is 0.630. The molecule has 12 aromatic rings. The molecule has 0 amide bonds. The minimum atomic E-state index is -0.412. The van der Waals surface area contributed by atoms with Gasteiger partial charge in [0.05, 0.1) is 16.7 Å². The summed E-state index contributed by atoms with van der Waals surface area (Å²) >= 11 is 0. The van der Waals surface area contributed by atoms with Crippen LogP contribution in [0, 0.1) is 6.92 Å². The molecule has 71 heavy (non-hydrogen) atoms. The highest BCUT2D eigenvalue weighted by Gasteiger charge is 2.36. The summed E-state index contributed by atoms with van der Waals surface area (Å²) in [5.74, 6) is 2.03. The molecule has 4 nitrogen and oxygen atoms in total. The summed E-state index contributed by atoms with van der Waals surface area (Å²) in [6.07, 6.45) is 0. The Morgan fingerprint density at radius 1 is 0.310 bits per heavy atom. The highest BCUT2D eigenvalue weighted by atomic mass is 15.0. The number of benzene rings is 10. The molecule has 0 fully saturated rings. The molecule has 0 bridgehead atoms. The van der Waals surface area contributed by atoms with Crippen molar-refractivity contribution in [2.75, 3.05) is 0 Å². The molecule has 1 aliphatic heterocycles. The van der Waals surface area contributed by atoms with Gasteiger partial charge in [0.2, 0.25) is 0 Å². The van der Waals surface area contributed by atoms with Crippen molar-refractivity contribution < 1.29 is 0 Å². The fourth-order valence-electron chi connectivity index (χ4n) is 10.8.